The number of ether oxygens (including phenoxy) is 6. The standard InChI is InChI=1S/C78H116Br2O6/c1-7-13-19-25-31-37-51-81-73-57-68(64-45-49-66(50-46-64)70-60-78(86-56-42-36-30-24-18-12-6)72(80)62-76(70)84-54-40-34-28-22-16-10-4)74(82-52-38-32-26-20-14-8-2)58-67(73)63-43-47-65(48-44-63)69-59-77(85-55-41-35-29-23-17-11-5)71(79)61-75(69)83-53-39-33-27-21-15-9-3/h43-50,57-62H,7-42,51-56H2,1-6H3. The van der Waals surface area contributed by atoms with E-state index in [1.165, 1.54) is 180 Å². The van der Waals surface area contributed by atoms with Crippen molar-refractivity contribution in [2.45, 2.75) is 273 Å². The molecule has 0 unspecified atom stereocenters. The number of halogens is 2. The Morgan fingerprint density at radius 2 is 0.372 bits per heavy atom. The summed E-state index contributed by atoms with van der Waals surface area (Å²) in [5, 5.41) is 0. The van der Waals surface area contributed by atoms with E-state index < -0.39 is 0 Å². The largest absolute Gasteiger partial charge is 0.493 e. The second-order valence-electron chi connectivity index (χ2n) is 24.3. The zero-order valence-electron chi connectivity index (χ0n) is 55.0. The van der Waals surface area contributed by atoms with Gasteiger partial charge in [0.05, 0.1) is 48.6 Å². The number of benzene rings is 5. The molecule has 5 aromatic rings. The van der Waals surface area contributed by atoms with Crippen LogP contribution in [0.15, 0.2) is 93.9 Å². The van der Waals surface area contributed by atoms with E-state index in [1.54, 1.807) is 0 Å². The second kappa shape index (κ2) is 46.0. The van der Waals surface area contributed by atoms with Crippen LogP contribution in [0.1, 0.15) is 273 Å². The molecule has 478 valence electrons. The van der Waals surface area contributed by atoms with Crippen LogP contribution < -0.4 is 28.4 Å². The summed E-state index contributed by atoms with van der Waals surface area (Å²) in [5.74, 6) is 5.22. The SMILES string of the molecule is CCCCCCCCOc1cc(-c2ccc(-c3cc(OCCCCCCCC)c(-c4ccc(-c5cc(OCCCCCCCC)c(Br)cc5OCCCCCCCC)cc4)cc3OCCCCCCCC)cc2)c(OCCCCCCCC)cc1Br. The maximum Gasteiger partial charge on any atom is 0.134 e. The van der Waals surface area contributed by atoms with Gasteiger partial charge in [-0.25, -0.2) is 0 Å². The Bertz CT molecular complexity index is 2350. The summed E-state index contributed by atoms with van der Waals surface area (Å²) >= 11 is 7.76. The molecule has 0 saturated carbocycles. The average molecular weight is 1310 g/mol. The number of rotatable bonds is 52. The van der Waals surface area contributed by atoms with E-state index in [-0.39, 0.29) is 0 Å². The number of unbranched alkanes of at least 4 members (excludes halogenated alkanes) is 30. The molecule has 0 atom stereocenters. The van der Waals surface area contributed by atoms with Gasteiger partial charge in [0.25, 0.3) is 0 Å². The van der Waals surface area contributed by atoms with Gasteiger partial charge >= 0.3 is 0 Å². The minimum Gasteiger partial charge on any atom is -0.493 e. The smallest absolute Gasteiger partial charge is 0.134 e. The molecule has 0 amide bonds. The Morgan fingerprint density at radius 3 is 0.581 bits per heavy atom. The fourth-order valence-electron chi connectivity index (χ4n) is 11.3. The zero-order chi connectivity index (χ0) is 61.1. The van der Waals surface area contributed by atoms with Crippen molar-refractivity contribution in [1.82, 2.24) is 0 Å². The molecule has 0 aliphatic heterocycles. The molecule has 0 heterocycles. The van der Waals surface area contributed by atoms with E-state index in [0.29, 0.717) is 39.6 Å². The molecule has 0 aromatic heterocycles. The van der Waals surface area contributed by atoms with Crippen molar-refractivity contribution < 1.29 is 28.4 Å². The van der Waals surface area contributed by atoms with Crippen molar-refractivity contribution in [3.8, 4) is 79.0 Å². The van der Waals surface area contributed by atoms with Gasteiger partial charge in [-0.1, -0.05) is 283 Å². The molecule has 0 aliphatic carbocycles. The summed E-state index contributed by atoms with van der Waals surface area (Å²) in [6, 6.07) is 31.1. The molecule has 0 radical (unpaired) electrons. The minimum atomic E-state index is 0.654. The summed E-state index contributed by atoms with van der Waals surface area (Å²) in [4.78, 5) is 0. The third kappa shape index (κ3) is 27.7. The van der Waals surface area contributed by atoms with Crippen LogP contribution in [0, 0.1) is 0 Å². The Hall–Kier alpha value is -4.14. The Kier molecular flexibility index (Phi) is 38.8. The van der Waals surface area contributed by atoms with Gasteiger partial charge in [0.15, 0.2) is 0 Å². The van der Waals surface area contributed by atoms with Crippen molar-refractivity contribution in [3.63, 3.8) is 0 Å². The molecule has 8 heteroatoms. The lowest BCUT2D eigenvalue weighted by Crippen LogP contribution is -2.03. The maximum atomic E-state index is 6.96. The summed E-state index contributed by atoms with van der Waals surface area (Å²) in [6.45, 7) is 17.7. The molecule has 0 bridgehead atoms. The lowest BCUT2D eigenvalue weighted by atomic mass is 9.94. The van der Waals surface area contributed by atoms with Gasteiger partial charge in [0, 0.05) is 22.3 Å². The van der Waals surface area contributed by atoms with E-state index in [0.717, 1.165) is 139 Å². The highest BCUT2D eigenvalue weighted by Gasteiger charge is 2.20. The summed E-state index contributed by atoms with van der Waals surface area (Å²) < 4.78 is 42.1. The Morgan fingerprint density at radius 1 is 0.209 bits per heavy atom. The first-order valence-electron chi connectivity index (χ1n) is 35.2. The van der Waals surface area contributed by atoms with E-state index in [4.69, 9.17) is 28.4 Å². The molecule has 0 N–H and O–H groups in total. The maximum absolute atomic E-state index is 6.96. The molecule has 0 aliphatic rings. The van der Waals surface area contributed by atoms with Gasteiger partial charge < -0.3 is 28.4 Å². The average Bonchev–Trinajstić information content (AvgIpc) is 3.63. The predicted molar refractivity (Wildman–Crippen MR) is 377 cm³/mol. The van der Waals surface area contributed by atoms with Crippen molar-refractivity contribution in [2.75, 3.05) is 39.6 Å². The second-order valence-corrected chi connectivity index (χ2v) is 26.0. The van der Waals surface area contributed by atoms with Crippen LogP contribution >= 0.6 is 31.9 Å². The Labute approximate surface area is 542 Å². The minimum absolute atomic E-state index is 0.654. The number of hydrogen-bond donors (Lipinski definition) is 0. The van der Waals surface area contributed by atoms with Crippen LogP contribution in [0.25, 0.3) is 44.5 Å². The van der Waals surface area contributed by atoms with Gasteiger partial charge in [-0.15, -0.1) is 0 Å². The fourth-order valence-corrected chi connectivity index (χ4v) is 12.2. The third-order valence-electron chi connectivity index (χ3n) is 16.7. The molecule has 0 spiro atoms. The van der Waals surface area contributed by atoms with Crippen molar-refractivity contribution in [1.29, 1.82) is 0 Å². The van der Waals surface area contributed by atoms with Crippen molar-refractivity contribution in [2.24, 2.45) is 0 Å². The first-order valence-corrected chi connectivity index (χ1v) is 36.8. The highest BCUT2D eigenvalue weighted by atomic mass is 79.9. The van der Waals surface area contributed by atoms with Crippen LogP contribution in [0.3, 0.4) is 0 Å². The fraction of sp³-hybridized carbons (Fsp3) is 0.615. The lowest BCUT2D eigenvalue weighted by molar-refractivity contribution is 0.295. The molecule has 6 nitrogen and oxygen atoms in total. The predicted octanol–water partition coefficient (Wildman–Crippen LogP) is 26.3. The van der Waals surface area contributed by atoms with Gasteiger partial charge in [0.1, 0.15) is 34.5 Å². The normalized spacial score (nSPS) is 11.3. The molecule has 5 aromatic carbocycles. The highest BCUT2D eigenvalue weighted by Crippen LogP contribution is 2.45. The van der Waals surface area contributed by atoms with Crippen LogP contribution in [0.5, 0.6) is 34.5 Å². The van der Waals surface area contributed by atoms with E-state index in [1.807, 2.05) is 0 Å². The molecular weight excluding hydrogens is 1190 g/mol. The molecule has 0 fully saturated rings. The van der Waals surface area contributed by atoms with Gasteiger partial charge in [-0.05, 0) is 129 Å². The summed E-state index contributed by atoms with van der Waals surface area (Å²) in [7, 11) is 0. The van der Waals surface area contributed by atoms with Gasteiger partial charge in [-0.3, -0.25) is 0 Å². The molecular formula is C78H116Br2O6. The Balaban J connectivity index is 1.53. The number of hydrogen-bond acceptors (Lipinski definition) is 6. The first-order chi connectivity index (χ1) is 42.3. The van der Waals surface area contributed by atoms with Gasteiger partial charge in [0.2, 0.25) is 0 Å². The molecule has 86 heavy (non-hydrogen) atoms. The summed E-state index contributed by atoms with van der Waals surface area (Å²) in [5.41, 5.74) is 8.51. The first kappa shape index (κ1) is 72.6. The molecule has 0 saturated heterocycles. The van der Waals surface area contributed by atoms with E-state index in [2.05, 4.69) is 158 Å². The van der Waals surface area contributed by atoms with Crippen molar-refractivity contribution in [3.05, 3.63) is 93.9 Å². The van der Waals surface area contributed by atoms with Gasteiger partial charge in [-0.2, -0.15) is 0 Å². The molecule has 5 rings (SSSR count). The third-order valence-corrected chi connectivity index (χ3v) is 17.9. The monoisotopic (exact) mass is 1310 g/mol. The van der Waals surface area contributed by atoms with Crippen LogP contribution in [-0.2, 0) is 0 Å². The van der Waals surface area contributed by atoms with Crippen LogP contribution in [-0.4, -0.2) is 39.6 Å². The van der Waals surface area contributed by atoms with E-state index in [9.17, 15) is 0 Å². The topological polar surface area (TPSA) is 55.4 Å². The van der Waals surface area contributed by atoms with Crippen molar-refractivity contribution >= 4 is 31.9 Å². The zero-order valence-corrected chi connectivity index (χ0v) is 58.2. The van der Waals surface area contributed by atoms with Crippen LogP contribution in [0.4, 0.5) is 0 Å². The lowest BCUT2D eigenvalue weighted by Gasteiger charge is -2.20. The summed E-state index contributed by atoms with van der Waals surface area (Å²) in [6.07, 6.45) is 43.8. The quantitative estimate of drug-likeness (QED) is 0.0362. The highest BCUT2D eigenvalue weighted by molar-refractivity contribution is 9.11. The van der Waals surface area contributed by atoms with Crippen LogP contribution in [0.2, 0.25) is 0 Å². The van der Waals surface area contributed by atoms with E-state index >= 15 is 0 Å².